The minimum absolute atomic E-state index is 0.134. The zero-order valence-corrected chi connectivity index (χ0v) is 12.4. The number of esters is 1. The smallest absolute Gasteiger partial charge is 0.329 e. The molecule has 0 bridgehead atoms. The fourth-order valence-electron chi connectivity index (χ4n) is 2.85. The molecule has 1 aliphatic rings. The van der Waals surface area contributed by atoms with Crippen LogP contribution in [-0.4, -0.2) is 24.5 Å². The highest BCUT2D eigenvalue weighted by atomic mass is 35.5. The Morgan fingerprint density at radius 1 is 1.50 bits per heavy atom. The zero-order chi connectivity index (χ0) is 14.8. The third-order valence-electron chi connectivity index (χ3n) is 3.89. The predicted molar refractivity (Wildman–Crippen MR) is 76.6 cm³/mol. The van der Waals surface area contributed by atoms with Gasteiger partial charge in [0.2, 0.25) is 5.91 Å². The topological polar surface area (TPSA) is 55.4 Å². The van der Waals surface area contributed by atoms with Crippen molar-refractivity contribution in [3.63, 3.8) is 0 Å². The quantitative estimate of drug-likeness (QED) is 0.868. The number of amides is 1. The SMILES string of the molecule is CCOC(=O)C1NC(=O)CC1(CC)c1cccc(Cl)c1. The molecular formula is C15H18ClNO3. The summed E-state index contributed by atoms with van der Waals surface area (Å²) in [4.78, 5) is 24.0. The lowest BCUT2D eigenvalue weighted by Crippen LogP contribution is -2.47. The van der Waals surface area contributed by atoms with E-state index in [4.69, 9.17) is 16.3 Å². The number of hydrogen-bond acceptors (Lipinski definition) is 3. The van der Waals surface area contributed by atoms with Crippen molar-refractivity contribution in [2.45, 2.75) is 38.1 Å². The molecule has 4 nitrogen and oxygen atoms in total. The first kappa shape index (κ1) is 14.9. The van der Waals surface area contributed by atoms with E-state index in [1.165, 1.54) is 0 Å². The molecule has 1 aromatic carbocycles. The molecule has 1 fully saturated rings. The third-order valence-corrected chi connectivity index (χ3v) is 4.12. The van der Waals surface area contributed by atoms with Crippen molar-refractivity contribution in [1.82, 2.24) is 5.32 Å². The fraction of sp³-hybridized carbons (Fsp3) is 0.467. The molecule has 108 valence electrons. The van der Waals surface area contributed by atoms with Gasteiger partial charge < -0.3 is 10.1 Å². The number of rotatable bonds is 4. The molecule has 1 aromatic rings. The maximum absolute atomic E-state index is 12.2. The molecular weight excluding hydrogens is 278 g/mol. The molecule has 1 heterocycles. The summed E-state index contributed by atoms with van der Waals surface area (Å²) >= 11 is 6.05. The molecule has 0 aromatic heterocycles. The Labute approximate surface area is 123 Å². The van der Waals surface area contributed by atoms with E-state index in [-0.39, 0.29) is 18.3 Å². The molecule has 5 heteroatoms. The van der Waals surface area contributed by atoms with Crippen LogP contribution in [0.2, 0.25) is 5.02 Å². The number of hydrogen-bond donors (Lipinski definition) is 1. The summed E-state index contributed by atoms with van der Waals surface area (Å²) in [7, 11) is 0. The van der Waals surface area contributed by atoms with Crippen molar-refractivity contribution >= 4 is 23.5 Å². The monoisotopic (exact) mass is 295 g/mol. The van der Waals surface area contributed by atoms with Crippen molar-refractivity contribution < 1.29 is 14.3 Å². The van der Waals surface area contributed by atoms with Gasteiger partial charge >= 0.3 is 5.97 Å². The van der Waals surface area contributed by atoms with Crippen LogP contribution in [0.3, 0.4) is 0 Å². The number of carbonyl (C=O) groups is 2. The Balaban J connectivity index is 2.45. The van der Waals surface area contributed by atoms with E-state index in [9.17, 15) is 9.59 Å². The molecule has 0 radical (unpaired) electrons. The van der Waals surface area contributed by atoms with Crippen molar-refractivity contribution in [1.29, 1.82) is 0 Å². The van der Waals surface area contributed by atoms with Gasteiger partial charge in [-0.05, 0) is 31.0 Å². The molecule has 0 saturated carbocycles. The maximum Gasteiger partial charge on any atom is 0.329 e. The van der Waals surface area contributed by atoms with Gasteiger partial charge in [-0.25, -0.2) is 4.79 Å². The van der Waals surface area contributed by atoms with E-state index < -0.39 is 11.5 Å². The van der Waals surface area contributed by atoms with E-state index in [2.05, 4.69) is 5.32 Å². The second kappa shape index (κ2) is 5.83. The minimum Gasteiger partial charge on any atom is -0.464 e. The lowest BCUT2D eigenvalue weighted by molar-refractivity contribution is -0.147. The van der Waals surface area contributed by atoms with Gasteiger partial charge in [-0.15, -0.1) is 0 Å². The van der Waals surface area contributed by atoms with E-state index >= 15 is 0 Å². The Hall–Kier alpha value is -1.55. The van der Waals surface area contributed by atoms with Crippen LogP contribution in [-0.2, 0) is 19.7 Å². The largest absolute Gasteiger partial charge is 0.464 e. The molecule has 1 saturated heterocycles. The maximum atomic E-state index is 12.2. The van der Waals surface area contributed by atoms with Gasteiger partial charge in [0.15, 0.2) is 0 Å². The zero-order valence-electron chi connectivity index (χ0n) is 11.6. The molecule has 20 heavy (non-hydrogen) atoms. The summed E-state index contributed by atoms with van der Waals surface area (Å²) in [6.45, 7) is 4.01. The van der Waals surface area contributed by atoms with Crippen molar-refractivity contribution in [2.75, 3.05) is 6.61 Å². The Kier molecular flexibility index (Phi) is 4.33. The van der Waals surface area contributed by atoms with Crippen LogP contribution in [0.1, 0.15) is 32.3 Å². The molecule has 0 spiro atoms. The Bertz CT molecular complexity index is 532. The van der Waals surface area contributed by atoms with E-state index in [0.717, 1.165) is 5.56 Å². The summed E-state index contributed by atoms with van der Waals surface area (Å²) in [6, 6.07) is 6.68. The van der Waals surface area contributed by atoms with Crippen LogP contribution in [0.15, 0.2) is 24.3 Å². The highest BCUT2D eigenvalue weighted by Gasteiger charge is 2.51. The van der Waals surface area contributed by atoms with Gasteiger partial charge in [-0.3, -0.25) is 4.79 Å². The highest BCUT2D eigenvalue weighted by molar-refractivity contribution is 6.30. The van der Waals surface area contributed by atoms with Crippen LogP contribution in [0, 0.1) is 0 Å². The summed E-state index contributed by atoms with van der Waals surface area (Å²) in [5.74, 6) is -0.523. The summed E-state index contributed by atoms with van der Waals surface area (Å²) in [5, 5.41) is 3.34. The van der Waals surface area contributed by atoms with Crippen LogP contribution in [0.4, 0.5) is 0 Å². The van der Waals surface area contributed by atoms with E-state index in [0.29, 0.717) is 18.1 Å². The fourth-order valence-corrected chi connectivity index (χ4v) is 3.04. The first-order chi connectivity index (χ1) is 9.53. The van der Waals surface area contributed by atoms with Crippen LogP contribution >= 0.6 is 11.6 Å². The molecule has 2 rings (SSSR count). The van der Waals surface area contributed by atoms with Crippen LogP contribution < -0.4 is 5.32 Å². The second-order valence-electron chi connectivity index (χ2n) is 4.95. The van der Waals surface area contributed by atoms with Gasteiger partial charge in [-0.2, -0.15) is 0 Å². The lowest BCUT2D eigenvalue weighted by Gasteiger charge is -2.32. The summed E-state index contributed by atoms with van der Waals surface area (Å²) < 4.78 is 5.10. The number of ether oxygens (including phenoxy) is 1. The van der Waals surface area contributed by atoms with Gasteiger partial charge in [0.1, 0.15) is 6.04 Å². The van der Waals surface area contributed by atoms with Crippen LogP contribution in [0.5, 0.6) is 0 Å². The van der Waals surface area contributed by atoms with Crippen molar-refractivity contribution in [2.24, 2.45) is 0 Å². The number of benzene rings is 1. The molecule has 1 amide bonds. The minimum atomic E-state index is -0.654. The van der Waals surface area contributed by atoms with Crippen molar-refractivity contribution in [3.8, 4) is 0 Å². The first-order valence-electron chi connectivity index (χ1n) is 6.75. The lowest BCUT2D eigenvalue weighted by atomic mass is 9.72. The number of nitrogens with one attached hydrogen (secondary N) is 1. The molecule has 2 atom stereocenters. The Morgan fingerprint density at radius 2 is 2.25 bits per heavy atom. The van der Waals surface area contributed by atoms with E-state index in [1.54, 1.807) is 13.0 Å². The Morgan fingerprint density at radius 3 is 2.85 bits per heavy atom. The molecule has 1 aliphatic heterocycles. The molecule has 0 aliphatic carbocycles. The second-order valence-corrected chi connectivity index (χ2v) is 5.39. The third kappa shape index (κ3) is 2.52. The summed E-state index contributed by atoms with van der Waals surface area (Å²) in [5.41, 5.74) is 0.303. The highest BCUT2D eigenvalue weighted by Crippen LogP contribution is 2.40. The van der Waals surface area contributed by atoms with E-state index in [1.807, 2.05) is 25.1 Å². The standard InChI is InChI=1S/C15H18ClNO3/c1-3-15(10-6-5-7-11(16)8-10)9-12(18)17-13(15)14(19)20-4-2/h5-8,13H,3-4,9H2,1-2H3,(H,17,18). The molecule has 1 N–H and O–H groups in total. The predicted octanol–water partition coefficient (Wildman–Crippen LogP) is 2.44. The van der Waals surface area contributed by atoms with Crippen LogP contribution in [0.25, 0.3) is 0 Å². The van der Waals surface area contributed by atoms with Crippen molar-refractivity contribution in [3.05, 3.63) is 34.9 Å². The van der Waals surface area contributed by atoms with Gasteiger partial charge in [0, 0.05) is 16.9 Å². The normalized spacial score (nSPS) is 25.4. The van der Waals surface area contributed by atoms with Gasteiger partial charge in [0.25, 0.3) is 0 Å². The summed E-state index contributed by atoms with van der Waals surface area (Å²) in [6.07, 6.45) is 0.920. The van der Waals surface area contributed by atoms with Gasteiger partial charge in [-0.1, -0.05) is 30.7 Å². The average molecular weight is 296 g/mol. The van der Waals surface area contributed by atoms with Gasteiger partial charge in [0.05, 0.1) is 6.61 Å². The average Bonchev–Trinajstić information content (AvgIpc) is 2.77. The number of carbonyl (C=O) groups excluding carboxylic acids is 2. The first-order valence-corrected chi connectivity index (χ1v) is 7.13. The number of halogens is 1. The molecule has 2 unspecified atom stereocenters.